The number of carbonyl (C=O) groups excluding carboxylic acids is 1. The smallest absolute Gasteiger partial charge is 0.242 e. The van der Waals surface area contributed by atoms with Gasteiger partial charge in [0.25, 0.3) is 0 Å². The van der Waals surface area contributed by atoms with Crippen LogP contribution in [-0.4, -0.2) is 18.5 Å². The summed E-state index contributed by atoms with van der Waals surface area (Å²) < 4.78 is 13.2. The third-order valence-corrected chi connectivity index (χ3v) is 2.83. The van der Waals surface area contributed by atoms with Crippen molar-refractivity contribution in [2.24, 2.45) is 0 Å². The summed E-state index contributed by atoms with van der Waals surface area (Å²) in [5.41, 5.74) is 0.537. The summed E-state index contributed by atoms with van der Waals surface area (Å²) in [6.07, 6.45) is 1.98. The monoisotopic (exact) mass is 272 g/mol. The molecule has 0 saturated heterocycles. The van der Waals surface area contributed by atoms with Crippen LogP contribution < -0.4 is 10.6 Å². The van der Waals surface area contributed by atoms with Gasteiger partial charge in [-0.25, -0.2) is 4.39 Å². The maximum absolute atomic E-state index is 13.2. The predicted octanol–water partition coefficient (Wildman–Crippen LogP) is 3.20. The highest BCUT2D eigenvalue weighted by atomic mass is 35.5. The van der Waals surface area contributed by atoms with Crippen LogP contribution in [0.4, 0.5) is 10.1 Å². The quantitative estimate of drug-likeness (QED) is 0.781. The zero-order valence-corrected chi connectivity index (χ0v) is 11.4. The molecule has 1 unspecified atom stereocenters. The maximum atomic E-state index is 13.2. The van der Waals surface area contributed by atoms with Crippen molar-refractivity contribution in [2.45, 2.75) is 32.7 Å². The van der Waals surface area contributed by atoms with Gasteiger partial charge in [-0.05, 0) is 31.5 Å². The molecule has 0 aromatic heterocycles. The van der Waals surface area contributed by atoms with Gasteiger partial charge < -0.3 is 10.6 Å². The molecule has 0 heterocycles. The van der Waals surface area contributed by atoms with E-state index in [2.05, 4.69) is 17.6 Å². The van der Waals surface area contributed by atoms with E-state index < -0.39 is 11.9 Å². The van der Waals surface area contributed by atoms with Gasteiger partial charge in [0.1, 0.15) is 11.9 Å². The molecule has 1 atom stereocenters. The fourth-order valence-electron chi connectivity index (χ4n) is 1.44. The second-order valence-electron chi connectivity index (χ2n) is 4.14. The molecule has 0 aliphatic heterocycles. The Morgan fingerprint density at radius 2 is 2.22 bits per heavy atom. The highest BCUT2D eigenvalue weighted by molar-refractivity contribution is 6.30. The summed E-state index contributed by atoms with van der Waals surface area (Å²) in [6.45, 7) is 4.45. The van der Waals surface area contributed by atoms with Crippen molar-refractivity contribution < 1.29 is 9.18 Å². The molecule has 1 rings (SSSR count). The third-order valence-electron chi connectivity index (χ3n) is 2.53. The van der Waals surface area contributed by atoms with E-state index in [0.717, 1.165) is 12.8 Å². The number of nitrogens with one attached hydrogen (secondary N) is 2. The number of carbonyl (C=O) groups is 1. The number of anilines is 1. The number of unbranched alkanes of at least 4 members (excludes halogenated alkanes) is 1. The molecule has 0 aliphatic carbocycles. The zero-order valence-electron chi connectivity index (χ0n) is 10.6. The Bertz CT molecular complexity index is 412. The van der Waals surface area contributed by atoms with Crippen LogP contribution >= 0.6 is 11.6 Å². The van der Waals surface area contributed by atoms with Gasteiger partial charge >= 0.3 is 0 Å². The number of hydrogen-bond acceptors (Lipinski definition) is 2. The maximum Gasteiger partial charge on any atom is 0.242 e. The summed E-state index contributed by atoms with van der Waals surface area (Å²) in [6, 6.07) is 3.96. The van der Waals surface area contributed by atoms with Crippen LogP contribution in [0.15, 0.2) is 18.2 Å². The molecule has 0 bridgehead atoms. The summed E-state index contributed by atoms with van der Waals surface area (Å²) in [4.78, 5) is 11.7. The third kappa shape index (κ3) is 4.53. The minimum absolute atomic E-state index is 0.0700. The normalized spacial score (nSPS) is 12.0. The minimum atomic E-state index is -0.500. The molecule has 18 heavy (non-hydrogen) atoms. The number of benzene rings is 1. The Morgan fingerprint density at radius 3 is 2.83 bits per heavy atom. The van der Waals surface area contributed by atoms with Crippen LogP contribution in [0.3, 0.4) is 0 Å². The van der Waals surface area contributed by atoms with Gasteiger partial charge in [0.05, 0.1) is 5.02 Å². The van der Waals surface area contributed by atoms with Crippen LogP contribution in [-0.2, 0) is 4.79 Å². The van der Waals surface area contributed by atoms with Crippen molar-refractivity contribution in [2.75, 3.05) is 11.9 Å². The highest BCUT2D eigenvalue weighted by Crippen LogP contribution is 2.19. The number of halogens is 2. The molecule has 0 aliphatic rings. The van der Waals surface area contributed by atoms with Crippen molar-refractivity contribution in [1.29, 1.82) is 0 Å². The van der Waals surface area contributed by atoms with Gasteiger partial charge in [-0.3, -0.25) is 4.79 Å². The fourth-order valence-corrected chi connectivity index (χ4v) is 1.56. The Morgan fingerprint density at radius 1 is 1.50 bits per heavy atom. The van der Waals surface area contributed by atoms with E-state index in [1.165, 1.54) is 12.1 Å². The van der Waals surface area contributed by atoms with E-state index in [9.17, 15) is 9.18 Å². The minimum Gasteiger partial charge on any atom is -0.374 e. The van der Waals surface area contributed by atoms with Gasteiger partial charge in [-0.15, -0.1) is 0 Å². The van der Waals surface area contributed by atoms with Crippen molar-refractivity contribution in [3.8, 4) is 0 Å². The largest absolute Gasteiger partial charge is 0.374 e. The summed E-state index contributed by atoms with van der Waals surface area (Å²) >= 11 is 5.58. The zero-order chi connectivity index (χ0) is 13.5. The van der Waals surface area contributed by atoms with Crippen LogP contribution in [0.5, 0.6) is 0 Å². The second-order valence-corrected chi connectivity index (χ2v) is 4.55. The van der Waals surface area contributed by atoms with Crippen molar-refractivity contribution in [3.05, 3.63) is 29.0 Å². The van der Waals surface area contributed by atoms with Crippen LogP contribution in [0.1, 0.15) is 26.7 Å². The lowest BCUT2D eigenvalue weighted by Crippen LogP contribution is -2.38. The molecular formula is C13H18ClFN2O. The molecule has 0 fully saturated rings. The van der Waals surface area contributed by atoms with Crippen molar-refractivity contribution in [1.82, 2.24) is 5.32 Å². The standard InChI is InChI=1S/C13H18ClFN2O/c1-3-4-7-16-13(18)9(2)17-10-5-6-11(14)12(15)8-10/h5-6,8-9,17H,3-4,7H2,1-2H3,(H,16,18). The number of rotatable bonds is 6. The van der Waals surface area contributed by atoms with E-state index >= 15 is 0 Å². The van der Waals surface area contributed by atoms with E-state index in [1.54, 1.807) is 13.0 Å². The first-order valence-electron chi connectivity index (χ1n) is 6.04. The second kappa shape index (κ2) is 7.21. The van der Waals surface area contributed by atoms with Crippen LogP contribution in [0.25, 0.3) is 0 Å². The van der Waals surface area contributed by atoms with E-state index in [1.807, 2.05) is 0 Å². The summed E-state index contributed by atoms with van der Waals surface area (Å²) in [5, 5.41) is 5.80. The lowest BCUT2D eigenvalue weighted by Gasteiger charge is -2.15. The molecule has 0 spiro atoms. The Kier molecular flexibility index (Phi) is 5.92. The van der Waals surface area contributed by atoms with Crippen molar-refractivity contribution >= 4 is 23.2 Å². The molecule has 100 valence electrons. The number of hydrogen-bond donors (Lipinski definition) is 2. The first kappa shape index (κ1) is 14.8. The van der Waals surface area contributed by atoms with Gasteiger partial charge in [-0.2, -0.15) is 0 Å². The lowest BCUT2D eigenvalue weighted by atomic mass is 10.2. The topological polar surface area (TPSA) is 41.1 Å². The molecule has 5 heteroatoms. The van der Waals surface area contributed by atoms with E-state index in [-0.39, 0.29) is 10.9 Å². The van der Waals surface area contributed by atoms with Gasteiger partial charge in [-0.1, -0.05) is 24.9 Å². The molecule has 1 amide bonds. The van der Waals surface area contributed by atoms with E-state index in [4.69, 9.17) is 11.6 Å². The molecule has 3 nitrogen and oxygen atoms in total. The molecule has 1 aromatic carbocycles. The summed E-state index contributed by atoms with van der Waals surface area (Å²) in [7, 11) is 0. The highest BCUT2D eigenvalue weighted by Gasteiger charge is 2.12. The van der Waals surface area contributed by atoms with Crippen LogP contribution in [0.2, 0.25) is 5.02 Å². The van der Waals surface area contributed by atoms with Gasteiger partial charge in [0.2, 0.25) is 5.91 Å². The average molecular weight is 273 g/mol. The Balaban J connectivity index is 2.50. The van der Waals surface area contributed by atoms with E-state index in [0.29, 0.717) is 12.2 Å². The average Bonchev–Trinajstić information content (AvgIpc) is 2.34. The fraction of sp³-hybridized carbons (Fsp3) is 0.462. The Labute approximate surface area is 112 Å². The molecule has 0 radical (unpaired) electrons. The predicted molar refractivity (Wildman–Crippen MR) is 72.4 cm³/mol. The van der Waals surface area contributed by atoms with Gasteiger partial charge in [0, 0.05) is 12.2 Å². The first-order chi connectivity index (χ1) is 8.54. The summed E-state index contributed by atoms with van der Waals surface area (Å²) in [5.74, 6) is -0.598. The lowest BCUT2D eigenvalue weighted by molar-refractivity contribution is -0.121. The molecule has 1 aromatic rings. The number of amides is 1. The molecule has 2 N–H and O–H groups in total. The van der Waals surface area contributed by atoms with Gasteiger partial charge in [0.15, 0.2) is 0 Å². The van der Waals surface area contributed by atoms with Crippen molar-refractivity contribution in [3.63, 3.8) is 0 Å². The SMILES string of the molecule is CCCCNC(=O)C(C)Nc1ccc(Cl)c(F)c1. The Hall–Kier alpha value is -1.29. The first-order valence-corrected chi connectivity index (χ1v) is 6.41. The molecular weight excluding hydrogens is 255 g/mol. The van der Waals surface area contributed by atoms with Crippen LogP contribution in [0, 0.1) is 5.82 Å². The molecule has 0 saturated carbocycles.